The molecule has 0 saturated heterocycles. The number of thiophene rings is 1. The maximum atomic E-state index is 12.8. The Balaban J connectivity index is 1.59. The number of amides is 2. The number of rotatable bonds is 4. The number of furan rings is 1. The van der Waals surface area contributed by atoms with Crippen LogP contribution in [0.1, 0.15) is 50.0 Å². The van der Waals surface area contributed by atoms with E-state index >= 15 is 0 Å². The molecule has 1 aliphatic rings. The fourth-order valence-electron chi connectivity index (χ4n) is 3.36. The van der Waals surface area contributed by atoms with Crippen LogP contribution in [0.25, 0.3) is 0 Å². The number of anilines is 1. The molecule has 30 heavy (non-hydrogen) atoms. The van der Waals surface area contributed by atoms with Crippen molar-refractivity contribution in [2.24, 2.45) is 5.10 Å². The first-order valence-corrected chi connectivity index (χ1v) is 10.9. The van der Waals surface area contributed by atoms with E-state index in [2.05, 4.69) is 15.8 Å². The second kappa shape index (κ2) is 8.63. The van der Waals surface area contributed by atoms with E-state index in [4.69, 9.17) is 27.6 Å². The summed E-state index contributed by atoms with van der Waals surface area (Å²) in [6, 6.07) is 8.55. The Hall–Kier alpha value is -2.61. The van der Waals surface area contributed by atoms with Gasteiger partial charge in [-0.25, -0.2) is 5.43 Å². The molecule has 1 aliphatic carbocycles. The van der Waals surface area contributed by atoms with Crippen LogP contribution in [0.15, 0.2) is 45.2 Å². The number of fused-ring (bicyclic) bond motifs is 1. The topological polar surface area (TPSA) is 83.7 Å². The van der Waals surface area contributed by atoms with Gasteiger partial charge in [0.25, 0.3) is 11.8 Å². The van der Waals surface area contributed by atoms with Gasteiger partial charge in [-0.05, 0) is 43.3 Å². The third-order valence-corrected chi connectivity index (χ3v) is 6.46. The SMILES string of the molecule is Cc1c(C(=O)Nc2cccc(Cl)c2Cl)oc2c1/C(=N/NC(=O)c1cccs1)CCC2. The Bertz CT molecular complexity index is 1150. The van der Waals surface area contributed by atoms with Crippen molar-refractivity contribution in [3.63, 3.8) is 0 Å². The Kier molecular flexibility index (Phi) is 5.94. The van der Waals surface area contributed by atoms with Crippen molar-refractivity contribution in [3.05, 3.63) is 73.3 Å². The number of nitrogens with zero attached hydrogens (tertiary/aromatic N) is 1. The molecule has 9 heteroatoms. The molecule has 2 N–H and O–H groups in total. The average Bonchev–Trinajstić information content (AvgIpc) is 3.38. The van der Waals surface area contributed by atoms with Crippen LogP contribution in [0.4, 0.5) is 5.69 Å². The summed E-state index contributed by atoms with van der Waals surface area (Å²) in [5.41, 5.74) is 5.14. The second-order valence-electron chi connectivity index (χ2n) is 6.74. The van der Waals surface area contributed by atoms with Gasteiger partial charge in [-0.3, -0.25) is 9.59 Å². The molecule has 0 fully saturated rings. The van der Waals surface area contributed by atoms with Crippen LogP contribution in [0.5, 0.6) is 0 Å². The molecule has 3 aromatic rings. The number of aryl methyl sites for hydroxylation is 1. The molecule has 2 aromatic heterocycles. The number of hydrogen-bond acceptors (Lipinski definition) is 5. The van der Waals surface area contributed by atoms with Gasteiger partial charge >= 0.3 is 0 Å². The van der Waals surface area contributed by atoms with Gasteiger partial charge in [0.2, 0.25) is 0 Å². The summed E-state index contributed by atoms with van der Waals surface area (Å²) >= 11 is 13.5. The van der Waals surface area contributed by atoms with E-state index < -0.39 is 5.91 Å². The molecule has 154 valence electrons. The fraction of sp³-hybridized carbons (Fsp3) is 0.190. The molecule has 0 bridgehead atoms. The number of hydrazone groups is 1. The van der Waals surface area contributed by atoms with Crippen LogP contribution in [0.2, 0.25) is 10.0 Å². The molecule has 4 rings (SSSR count). The van der Waals surface area contributed by atoms with Gasteiger partial charge in [-0.1, -0.05) is 35.3 Å². The average molecular weight is 462 g/mol. The normalized spacial score (nSPS) is 14.4. The lowest BCUT2D eigenvalue weighted by Gasteiger charge is -2.13. The number of benzene rings is 1. The molecule has 2 heterocycles. The van der Waals surface area contributed by atoms with Gasteiger partial charge in [-0.2, -0.15) is 5.10 Å². The van der Waals surface area contributed by atoms with E-state index in [0.29, 0.717) is 45.5 Å². The van der Waals surface area contributed by atoms with Crippen LogP contribution in [0.3, 0.4) is 0 Å². The second-order valence-corrected chi connectivity index (χ2v) is 8.47. The molecule has 0 unspecified atom stereocenters. The highest BCUT2D eigenvalue weighted by Crippen LogP contribution is 2.33. The van der Waals surface area contributed by atoms with E-state index in [9.17, 15) is 9.59 Å². The summed E-state index contributed by atoms with van der Waals surface area (Å²) in [4.78, 5) is 25.6. The largest absolute Gasteiger partial charge is 0.455 e. The smallest absolute Gasteiger partial charge is 0.291 e. The molecular formula is C21H17Cl2N3O3S. The minimum Gasteiger partial charge on any atom is -0.455 e. The van der Waals surface area contributed by atoms with Gasteiger partial charge in [0.05, 0.1) is 26.3 Å². The highest BCUT2D eigenvalue weighted by atomic mass is 35.5. The molecule has 0 atom stereocenters. The predicted molar refractivity (Wildman–Crippen MR) is 119 cm³/mol. The van der Waals surface area contributed by atoms with E-state index in [1.807, 2.05) is 11.4 Å². The Morgan fingerprint density at radius 3 is 2.73 bits per heavy atom. The van der Waals surface area contributed by atoms with Gasteiger partial charge < -0.3 is 9.73 Å². The summed E-state index contributed by atoms with van der Waals surface area (Å²) in [7, 11) is 0. The zero-order chi connectivity index (χ0) is 21.3. The fourth-order valence-corrected chi connectivity index (χ4v) is 4.32. The summed E-state index contributed by atoms with van der Waals surface area (Å²) in [6.45, 7) is 1.80. The number of hydrogen-bond donors (Lipinski definition) is 2. The molecule has 2 amide bonds. The number of nitrogens with one attached hydrogen (secondary N) is 2. The van der Waals surface area contributed by atoms with Crippen LogP contribution in [0, 0.1) is 6.92 Å². The Morgan fingerprint density at radius 1 is 1.13 bits per heavy atom. The highest BCUT2D eigenvalue weighted by molar-refractivity contribution is 7.12. The van der Waals surface area contributed by atoms with Crippen molar-refractivity contribution >= 4 is 57.8 Å². The summed E-state index contributed by atoms with van der Waals surface area (Å²) in [5, 5.41) is 9.50. The third-order valence-electron chi connectivity index (χ3n) is 4.77. The Morgan fingerprint density at radius 2 is 1.97 bits per heavy atom. The quantitative estimate of drug-likeness (QED) is 0.490. The Labute approximate surface area is 186 Å². The van der Waals surface area contributed by atoms with E-state index in [1.54, 1.807) is 31.2 Å². The molecular weight excluding hydrogens is 445 g/mol. The van der Waals surface area contributed by atoms with Crippen molar-refractivity contribution < 1.29 is 14.0 Å². The third kappa shape index (κ3) is 4.01. The van der Waals surface area contributed by atoms with E-state index in [1.165, 1.54) is 11.3 Å². The maximum absolute atomic E-state index is 12.8. The van der Waals surface area contributed by atoms with Crippen LogP contribution in [-0.2, 0) is 6.42 Å². The maximum Gasteiger partial charge on any atom is 0.291 e. The molecule has 1 aromatic carbocycles. The number of carbonyl (C=O) groups is 2. The first-order chi connectivity index (χ1) is 14.5. The lowest BCUT2D eigenvalue weighted by atomic mass is 9.93. The number of halogens is 2. The zero-order valence-corrected chi connectivity index (χ0v) is 18.2. The monoisotopic (exact) mass is 461 g/mol. The van der Waals surface area contributed by atoms with E-state index in [0.717, 1.165) is 12.0 Å². The lowest BCUT2D eigenvalue weighted by Crippen LogP contribution is -2.21. The number of carbonyl (C=O) groups excluding carboxylic acids is 2. The van der Waals surface area contributed by atoms with Gasteiger partial charge in [0.15, 0.2) is 5.76 Å². The molecule has 0 radical (unpaired) electrons. The van der Waals surface area contributed by atoms with Gasteiger partial charge in [0.1, 0.15) is 5.76 Å². The first kappa shape index (κ1) is 20.7. The van der Waals surface area contributed by atoms with Crippen molar-refractivity contribution in [3.8, 4) is 0 Å². The summed E-state index contributed by atoms with van der Waals surface area (Å²) in [6.07, 6.45) is 2.19. The highest BCUT2D eigenvalue weighted by Gasteiger charge is 2.28. The van der Waals surface area contributed by atoms with E-state index in [-0.39, 0.29) is 16.7 Å². The van der Waals surface area contributed by atoms with Gasteiger partial charge in [-0.15, -0.1) is 11.3 Å². The molecule has 0 spiro atoms. The minimum atomic E-state index is -0.423. The van der Waals surface area contributed by atoms with Crippen LogP contribution >= 0.6 is 34.5 Å². The molecule has 0 saturated carbocycles. The van der Waals surface area contributed by atoms with Crippen LogP contribution in [-0.4, -0.2) is 17.5 Å². The van der Waals surface area contributed by atoms with Crippen molar-refractivity contribution in [1.29, 1.82) is 0 Å². The molecule has 6 nitrogen and oxygen atoms in total. The predicted octanol–water partition coefficient (Wildman–Crippen LogP) is 5.68. The van der Waals surface area contributed by atoms with Crippen LogP contribution < -0.4 is 10.7 Å². The van der Waals surface area contributed by atoms with Gasteiger partial charge in [0, 0.05) is 17.5 Å². The standard InChI is InChI=1S/C21H17Cl2N3O3S/c1-11-17-13(25-26-20(27)16-9-4-10-30-16)6-3-8-15(17)29-19(11)21(28)24-14-7-2-5-12(22)18(14)23/h2,4-5,7,9-10H,3,6,8H2,1H3,(H,24,28)(H,26,27)/b25-13+. The van der Waals surface area contributed by atoms with Crippen molar-refractivity contribution in [2.45, 2.75) is 26.2 Å². The van der Waals surface area contributed by atoms with Crippen molar-refractivity contribution in [2.75, 3.05) is 5.32 Å². The summed E-state index contributed by atoms with van der Waals surface area (Å²) < 4.78 is 5.87. The molecule has 0 aliphatic heterocycles. The van der Waals surface area contributed by atoms with Crippen molar-refractivity contribution in [1.82, 2.24) is 5.43 Å². The summed E-state index contributed by atoms with van der Waals surface area (Å²) in [5.74, 6) is 0.188. The zero-order valence-electron chi connectivity index (χ0n) is 15.9. The lowest BCUT2D eigenvalue weighted by molar-refractivity contribution is 0.0957. The first-order valence-electron chi connectivity index (χ1n) is 9.24. The minimum absolute atomic E-state index is 0.190.